The lowest BCUT2D eigenvalue weighted by Crippen LogP contribution is -2.11. The molecule has 0 aliphatic rings. The van der Waals surface area contributed by atoms with Gasteiger partial charge in [-0.3, -0.25) is 0 Å². The molecule has 6 heteroatoms. The molecule has 0 saturated heterocycles. The van der Waals surface area contributed by atoms with Crippen LogP contribution in [0.3, 0.4) is 0 Å². The molecule has 0 fully saturated rings. The van der Waals surface area contributed by atoms with Crippen LogP contribution in [0.2, 0.25) is 0 Å². The third-order valence-corrected chi connectivity index (χ3v) is 2.97. The van der Waals surface area contributed by atoms with Gasteiger partial charge in [0.15, 0.2) is 5.82 Å². The zero-order valence-electron chi connectivity index (χ0n) is 11.2. The van der Waals surface area contributed by atoms with E-state index in [1.54, 1.807) is 26.3 Å². The van der Waals surface area contributed by atoms with E-state index < -0.39 is 6.10 Å². The summed E-state index contributed by atoms with van der Waals surface area (Å²) in [4.78, 5) is 8.39. The SMILES string of the molecule is COc1ccc(Cc2noc(C(C)C(C)O)n2)cn1. The van der Waals surface area contributed by atoms with Gasteiger partial charge in [0.05, 0.1) is 19.1 Å². The molecule has 19 heavy (non-hydrogen) atoms. The van der Waals surface area contributed by atoms with Crippen LogP contribution in [0.5, 0.6) is 5.88 Å². The van der Waals surface area contributed by atoms with Gasteiger partial charge in [-0.25, -0.2) is 4.98 Å². The summed E-state index contributed by atoms with van der Waals surface area (Å²) in [5.74, 6) is 1.43. The monoisotopic (exact) mass is 263 g/mol. The Labute approximate surface area is 111 Å². The molecule has 1 N–H and O–H groups in total. The standard InChI is InChI=1S/C13H17N3O3/c1-8(9(2)17)13-15-11(16-19-13)6-10-4-5-12(18-3)14-7-10/h4-5,7-9,17H,6H2,1-3H3. The molecule has 0 radical (unpaired) electrons. The first-order chi connectivity index (χ1) is 9.10. The van der Waals surface area contributed by atoms with E-state index in [4.69, 9.17) is 9.26 Å². The highest BCUT2D eigenvalue weighted by molar-refractivity contribution is 5.20. The molecule has 0 aromatic carbocycles. The summed E-state index contributed by atoms with van der Waals surface area (Å²) in [6.45, 7) is 3.54. The molecule has 0 spiro atoms. The molecular weight excluding hydrogens is 246 g/mol. The van der Waals surface area contributed by atoms with Crippen molar-refractivity contribution in [3.8, 4) is 5.88 Å². The average Bonchev–Trinajstić information content (AvgIpc) is 2.87. The molecule has 0 amide bonds. The van der Waals surface area contributed by atoms with Gasteiger partial charge >= 0.3 is 0 Å². The topological polar surface area (TPSA) is 81.3 Å². The van der Waals surface area contributed by atoms with Gasteiger partial charge in [0, 0.05) is 18.7 Å². The van der Waals surface area contributed by atoms with E-state index in [-0.39, 0.29) is 5.92 Å². The molecule has 6 nitrogen and oxygen atoms in total. The Hall–Kier alpha value is -1.95. The van der Waals surface area contributed by atoms with Crippen molar-refractivity contribution in [2.45, 2.75) is 32.3 Å². The summed E-state index contributed by atoms with van der Waals surface area (Å²) in [5, 5.41) is 13.4. The Morgan fingerprint density at radius 1 is 1.37 bits per heavy atom. The first kappa shape index (κ1) is 13.5. The Morgan fingerprint density at radius 3 is 2.74 bits per heavy atom. The molecule has 2 rings (SSSR count). The summed E-state index contributed by atoms with van der Waals surface area (Å²) in [6, 6.07) is 3.69. The third kappa shape index (κ3) is 3.29. The number of hydrogen-bond acceptors (Lipinski definition) is 6. The van der Waals surface area contributed by atoms with Crippen molar-refractivity contribution >= 4 is 0 Å². The van der Waals surface area contributed by atoms with Crippen LogP contribution in [0, 0.1) is 0 Å². The Kier molecular flexibility index (Phi) is 4.11. The van der Waals surface area contributed by atoms with Gasteiger partial charge in [0.25, 0.3) is 0 Å². The van der Waals surface area contributed by atoms with Crippen LogP contribution in [-0.4, -0.2) is 33.4 Å². The molecular formula is C13H17N3O3. The fourth-order valence-corrected chi connectivity index (χ4v) is 1.55. The van der Waals surface area contributed by atoms with Crippen LogP contribution in [0.25, 0.3) is 0 Å². The Morgan fingerprint density at radius 2 is 2.16 bits per heavy atom. The van der Waals surface area contributed by atoms with Crippen molar-refractivity contribution in [2.75, 3.05) is 7.11 Å². The quantitative estimate of drug-likeness (QED) is 0.881. The maximum Gasteiger partial charge on any atom is 0.232 e. The average molecular weight is 263 g/mol. The van der Waals surface area contributed by atoms with Crippen LogP contribution in [-0.2, 0) is 6.42 Å². The van der Waals surface area contributed by atoms with Crippen molar-refractivity contribution in [3.05, 3.63) is 35.6 Å². The van der Waals surface area contributed by atoms with Gasteiger partial charge in [-0.15, -0.1) is 0 Å². The minimum absolute atomic E-state index is 0.171. The number of hydrogen-bond donors (Lipinski definition) is 1. The number of aromatic nitrogens is 3. The lowest BCUT2D eigenvalue weighted by molar-refractivity contribution is 0.151. The number of pyridine rings is 1. The number of ether oxygens (including phenoxy) is 1. The molecule has 2 aromatic heterocycles. The predicted molar refractivity (Wildman–Crippen MR) is 68.0 cm³/mol. The van der Waals surface area contributed by atoms with Gasteiger partial charge < -0.3 is 14.4 Å². The highest BCUT2D eigenvalue weighted by Gasteiger charge is 2.18. The molecule has 2 unspecified atom stereocenters. The number of methoxy groups -OCH3 is 1. The van der Waals surface area contributed by atoms with Crippen LogP contribution in [0.1, 0.15) is 37.0 Å². The fourth-order valence-electron chi connectivity index (χ4n) is 1.55. The van der Waals surface area contributed by atoms with E-state index in [1.807, 2.05) is 13.0 Å². The lowest BCUT2D eigenvalue weighted by atomic mass is 10.1. The summed E-state index contributed by atoms with van der Waals surface area (Å²) in [6.07, 6.45) is 1.73. The first-order valence-electron chi connectivity index (χ1n) is 6.09. The Balaban J connectivity index is 2.06. The smallest absolute Gasteiger partial charge is 0.232 e. The highest BCUT2D eigenvalue weighted by Crippen LogP contribution is 2.18. The maximum absolute atomic E-state index is 9.48. The van der Waals surface area contributed by atoms with Gasteiger partial charge in [-0.05, 0) is 12.5 Å². The zero-order chi connectivity index (χ0) is 13.8. The number of aliphatic hydroxyl groups excluding tert-OH is 1. The molecule has 0 aliphatic heterocycles. The second-order valence-corrected chi connectivity index (χ2v) is 4.46. The van der Waals surface area contributed by atoms with Gasteiger partial charge in [-0.2, -0.15) is 4.98 Å². The van der Waals surface area contributed by atoms with Crippen molar-refractivity contribution in [1.29, 1.82) is 0 Å². The summed E-state index contributed by atoms with van der Waals surface area (Å²) in [5.41, 5.74) is 0.970. The second-order valence-electron chi connectivity index (χ2n) is 4.46. The van der Waals surface area contributed by atoms with E-state index in [0.717, 1.165) is 5.56 Å². The number of rotatable bonds is 5. The maximum atomic E-state index is 9.48. The zero-order valence-corrected chi connectivity index (χ0v) is 11.2. The van der Waals surface area contributed by atoms with Crippen molar-refractivity contribution < 1.29 is 14.4 Å². The molecule has 0 bridgehead atoms. The van der Waals surface area contributed by atoms with Gasteiger partial charge in [-0.1, -0.05) is 18.1 Å². The van der Waals surface area contributed by atoms with Crippen LogP contribution < -0.4 is 4.74 Å². The van der Waals surface area contributed by atoms with Crippen LogP contribution in [0.4, 0.5) is 0 Å². The summed E-state index contributed by atoms with van der Waals surface area (Å²) in [7, 11) is 1.57. The van der Waals surface area contributed by atoms with E-state index in [1.165, 1.54) is 0 Å². The molecule has 2 aromatic rings. The highest BCUT2D eigenvalue weighted by atomic mass is 16.5. The van der Waals surface area contributed by atoms with Gasteiger partial charge in [0.2, 0.25) is 11.8 Å². The predicted octanol–water partition coefficient (Wildman–Crippen LogP) is 1.55. The minimum Gasteiger partial charge on any atom is -0.481 e. The largest absolute Gasteiger partial charge is 0.481 e. The van der Waals surface area contributed by atoms with Crippen LogP contribution in [0.15, 0.2) is 22.9 Å². The van der Waals surface area contributed by atoms with Gasteiger partial charge in [0.1, 0.15) is 0 Å². The van der Waals surface area contributed by atoms with Crippen molar-refractivity contribution in [2.24, 2.45) is 0 Å². The van der Waals surface area contributed by atoms with E-state index in [2.05, 4.69) is 15.1 Å². The van der Waals surface area contributed by atoms with Crippen molar-refractivity contribution in [3.63, 3.8) is 0 Å². The van der Waals surface area contributed by atoms with E-state index >= 15 is 0 Å². The number of aliphatic hydroxyl groups is 1. The fraction of sp³-hybridized carbons (Fsp3) is 0.462. The number of nitrogens with zero attached hydrogens (tertiary/aromatic N) is 3. The third-order valence-electron chi connectivity index (χ3n) is 2.97. The normalized spacial score (nSPS) is 14.1. The molecule has 2 atom stereocenters. The van der Waals surface area contributed by atoms with Crippen LogP contribution >= 0.6 is 0 Å². The minimum atomic E-state index is -0.518. The molecule has 2 heterocycles. The molecule has 0 aliphatic carbocycles. The van der Waals surface area contributed by atoms with E-state index in [0.29, 0.717) is 24.0 Å². The molecule has 102 valence electrons. The lowest BCUT2D eigenvalue weighted by Gasteiger charge is -2.07. The summed E-state index contributed by atoms with van der Waals surface area (Å²) >= 11 is 0. The summed E-state index contributed by atoms with van der Waals surface area (Å²) < 4.78 is 10.1. The second kappa shape index (κ2) is 5.79. The first-order valence-corrected chi connectivity index (χ1v) is 6.09. The van der Waals surface area contributed by atoms with Crippen molar-refractivity contribution in [1.82, 2.24) is 15.1 Å². The molecule has 0 saturated carbocycles. The Bertz CT molecular complexity index is 522. The van der Waals surface area contributed by atoms with E-state index in [9.17, 15) is 5.11 Å².